The van der Waals surface area contributed by atoms with Gasteiger partial charge in [0.2, 0.25) is 5.89 Å². The number of hydrogen-bond acceptors (Lipinski definition) is 4. The zero-order valence-corrected chi connectivity index (χ0v) is 9.54. The SMILES string of the molecule is CC(Cl)c1nc(CC2CCCCO2)no1. The fourth-order valence-corrected chi connectivity index (χ4v) is 1.77. The van der Waals surface area contributed by atoms with Crippen LogP contribution in [0.5, 0.6) is 0 Å². The highest BCUT2D eigenvalue weighted by atomic mass is 35.5. The van der Waals surface area contributed by atoms with E-state index in [4.69, 9.17) is 20.9 Å². The first-order valence-electron chi connectivity index (χ1n) is 5.34. The van der Waals surface area contributed by atoms with Crippen LogP contribution in [-0.2, 0) is 11.2 Å². The fourth-order valence-electron chi connectivity index (χ4n) is 1.68. The minimum absolute atomic E-state index is 0.224. The van der Waals surface area contributed by atoms with Gasteiger partial charge in [-0.15, -0.1) is 11.6 Å². The van der Waals surface area contributed by atoms with E-state index < -0.39 is 0 Å². The Morgan fingerprint density at radius 3 is 3.00 bits per heavy atom. The van der Waals surface area contributed by atoms with Gasteiger partial charge in [-0.3, -0.25) is 0 Å². The van der Waals surface area contributed by atoms with Crippen LogP contribution in [-0.4, -0.2) is 22.9 Å². The van der Waals surface area contributed by atoms with Crippen molar-refractivity contribution in [2.75, 3.05) is 6.61 Å². The number of nitrogens with zero attached hydrogens (tertiary/aromatic N) is 2. The maximum atomic E-state index is 5.83. The van der Waals surface area contributed by atoms with E-state index in [0.717, 1.165) is 25.9 Å². The molecule has 1 aromatic rings. The lowest BCUT2D eigenvalue weighted by atomic mass is 10.1. The molecule has 1 fully saturated rings. The molecule has 5 heteroatoms. The van der Waals surface area contributed by atoms with Crippen molar-refractivity contribution in [3.8, 4) is 0 Å². The van der Waals surface area contributed by atoms with Crippen molar-refractivity contribution in [3.63, 3.8) is 0 Å². The number of hydrogen-bond donors (Lipinski definition) is 0. The summed E-state index contributed by atoms with van der Waals surface area (Å²) >= 11 is 5.83. The summed E-state index contributed by atoms with van der Waals surface area (Å²) in [7, 11) is 0. The molecule has 0 bridgehead atoms. The number of aromatic nitrogens is 2. The van der Waals surface area contributed by atoms with Crippen LogP contribution in [0, 0.1) is 0 Å². The van der Waals surface area contributed by atoms with Crippen LogP contribution in [0.25, 0.3) is 0 Å². The van der Waals surface area contributed by atoms with Crippen LogP contribution in [0.15, 0.2) is 4.52 Å². The van der Waals surface area contributed by atoms with E-state index in [1.807, 2.05) is 6.92 Å². The van der Waals surface area contributed by atoms with Crippen LogP contribution in [0.1, 0.15) is 43.3 Å². The molecular weight excluding hydrogens is 216 g/mol. The molecule has 0 N–H and O–H groups in total. The van der Waals surface area contributed by atoms with Crippen molar-refractivity contribution in [1.29, 1.82) is 0 Å². The summed E-state index contributed by atoms with van der Waals surface area (Å²) < 4.78 is 10.6. The minimum Gasteiger partial charge on any atom is -0.378 e. The van der Waals surface area contributed by atoms with Gasteiger partial charge in [-0.2, -0.15) is 4.98 Å². The highest BCUT2D eigenvalue weighted by Crippen LogP contribution is 2.19. The predicted molar refractivity (Wildman–Crippen MR) is 55.9 cm³/mol. The first-order valence-corrected chi connectivity index (χ1v) is 5.77. The Bertz CT molecular complexity index is 308. The van der Waals surface area contributed by atoms with Crippen molar-refractivity contribution in [2.45, 2.75) is 44.1 Å². The molecule has 0 saturated carbocycles. The lowest BCUT2D eigenvalue weighted by Crippen LogP contribution is -2.21. The zero-order valence-electron chi connectivity index (χ0n) is 8.78. The third-order valence-corrected chi connectivity index (χ3v) is 2.69. The van der Waals surface area contributed by atoms with E-state index in [-0.39, 0.29) is 11.5 Å². The van der Waals surface area contributed by atoms with E-state index >= 15 is 0 Å². The van der Waals surface area contributed by atoms with Gasteiger partial charge in [0.25, 0.3) is 0 Å². The molecule has 0 aliphatic carbocycles. The second-order valence-corrected chi connectivity index (χ2v) is 4.51. The van der Waals surface area contributed by atoms with E-state index in [1.54, 1.807) is 0 Å². The fraction of sp³-hybridized carbons (Fsp3) is 0.800. The summed E-state index contributed by atoms with van der Waals surface area (Å²) in [6.07, 6.45) is 4.44. The van der Waals surface area contributed by atoms with Gasteiger partial charge in [0.05, 0.1) is 6.10 Å². The smallest absolute Gasteiger partial charge is 0.244 e. The Kier molecular flexibility index (Phi) is 3.59. The molecule has 2 atom stereocenters. The van der Waals surface area contributed by atoms with Crippen molar-refractivity contribution < 1.29 is 9.26 Å². The highest BCUT2D eigenvalue weighted by molar-refractivity contribution is 6.20. The zero-order chi connectivity index (χ0) is 10.7. The van der Waals surface area contributed by atoms with Crippen LogP contribution in [0.4, 0.5) is 0 Å². The molecule has 2 unspecified atom stereocenters. The minimum atomic E-state index is -0.224. The Morgan fingerprint density at radius 1 is 1.53 bits per heavy atom. The number of halogens is 1. The number of alkyl halides is 1. The molecule has 15 heavy (non-hydrogen) atoms. The second kappa shape index (κ2) is 4.94. The average Bonchev–Trinajstić information content (AvgIpc) is 2.68. The van der Waals surface area contributed by atoms with Gasteiger partial charge in [-0.1, -0.05) is 5.16 Å². The first kappa shape index (κ1) is 10.9. The molecule has 1 saturated heterocycles. The molecule has 4 nitrogen and oxygen atoms in total. The van der Waals surface area contributed by atoms with Crippen molar-refractivity contribution in [1.82, 2.24) is 10.1 Å². The molecule has 1 aliphatic rings. The van der Waals surface area contributed by atoms with Crippen LogP contribution in [0.3, 0.4) is 0 Å². The van der Waals surface area contributed by atoms with E-state index in [9.17, 15) is 0 Å². The lowest BCUT2D eigenvalue weighted by molar-refractivity contribution is 0.0153. The predicted octanol–water partition coefficient (Wildman–Crippen LogP) is 2.48. The molecule has 2 heterocycles. The van der Waals surface area contributed by atoms with Gasteiger partial charge in [-0.25, -0.2) is 0 Å². The normalized spacial score (nSPS) is 24.0. The third-order valence-electron chi connectivity index (χ3n) is 2.51. The quantitative estimate of drug-likeness (QED) is 0.749. The monoisotopic (exact) mass is 230 g/mol. The summed E-state index contributed by atoms with van der Waals surface area (Å²) in [6.45, 7) is 2.66. The molecular formula is C10H15ClN2O2. The van der Waals surface area contributed by atoms with Gasteiger partial charge in [0.1, 0.15) is 5.38 Å². The summed E-state index contributed by atoms with van der Waals surface area (Å²) in [4.78, 5) is 4.21. The van der Waals surface area contributed by atoms with Crippen molar-refractivity contribution in [2.24, 2.45) is 0 Å². The Morgan fingerprint density at radius 2 is 2.40 bits per heavy atom. The van der Waals surface area contributed by atoms with E-state index in [1.165, 1.54) is 6.42 Å². The highest BCUT2D eigenvalue weighted by Gasteiger charge is 2.18. The van der Waals surface area contributed by atoms with Crippen molar-refractivity contribution in [3.05, 3.63) is 11.7 Å². The van der Waals surface area contributed by atoms with Crippen LogP contribution in [0.2, 0.25) is 0 Å². The van der Waals surface area contributed by atoms with Gasteiger partial charge in [0.15, 0.2) is 5.82 Å². The Hall–Kier alpha value is -0.610. The molecule has 0 aromatic carbocycles. The molecule has 84 valence electrons. The average molecular weight is 231 g/mol. The van der Waals surface area contributed by atoms with Crippen molar-refractivity contribution >= 4 is 11.6 Å². The standard InChI is InChI=1S/C10H15ClN2O2/c1-7(11)10-12-9(13-15-10)6-8-4-2-3-5-14-8/h7-8H,2-6H2,1H3. The first-order chi connectivity index (χ1) is 7.25. The van der Waals surface area contributed by atoms with Gasteiger partial charge in [0, 0.05) is 13.0 Å². The second-order valence-electron chi connectivity index (χ2n) is 3.86. The topological polar surface area (TPSA) is 48.2 Å². The van der Waals surface area contributed by atoms with E-state index in [0.29, 0.717) is 11.7 Å². The summed E-state index contributed by atoms with van der Waals surface area (Å²) in [5.41, 5.74) is 0. The Labute approximate surface area is 93.9 Å². The van der Waals surface area contributed by atoms with Gasteiger partial charge < -0.3 is 9.26 Å². The summed E-state index contributed by atoms with van der Waals surface area (Å²) in [5.74, 6) is 1.19. The largest absolute Gasteiger partial charge is 0.378 e. The van der Waals surface area contributed by atoms with Crippen LogP contribution >= 0.6 is 11.6 Å². The lowest BCUT2D eigenvalue weighted by Gasteiger charge is -2.20. The summed E-state index contributed by atoms with van der Waals surface area (Å²) in [6, 6.07) is 0. The third kappa shape index (κ3) is 2.92. The summed E-state index contributed by atoms with van der Waals surface area (Å²) in [5, 5.41) is 3.66. The van der Waals surface area contributed by atoms with Gasteiger partial charge >= 0.3 is 0 Å². The maximum Gasteiger partial charge on any atom is 0.244 e. The number of ether oxygens (including phenoxy) is 1. The molecule has 2 rings (SSSR count). The molecule has 0 spiro atoms. The van der Waals surface area contributed by atoms with E-state index in [2.05, 4.69) is 10.1 Å². The maximum absolute atomic E-state index is 5.83. The Balaban J connectivity index is 1.91. The molecule has 1 aromatic heterocycles. The van der Waals surface area contributed by atoms with Crippen LogP contribution < -0.4 is 0 Å². The molecule has 0 amide bonds. The number of rotatable bonds is 3. The van der Waals surface area contributed by atoms with Gasteiger partial charge in [-0.05, 0) is 26.2 Å². The molecule has 1 aliphatic heterocycles. The molecule has 0 radical (unpaired) electrons.